The minimum atomic E-state index is -0.397. The van der Waals surface area contributed by atoms with Gasteiger partial charge in [0.1, 0.15) is 6.61 Å². The number of allylic oxidation sites excluding steroid dienone is 2. The highest BCUT2D eigenvalue weighted by atomic mass is 16.5. The molecule has 1 aromatic rings. The van der Waals surface area contributed by atoms with E-state index >= 15 is 0 Å². The second-order valence-electron chi connectivity index (χ2n) is 7.86. The van der Waals surface area contributed by atoms with Gasteiger partial charge in [-0.1, -0.05) is 6.07 Å². The lowest BCUT2D eigenvalue weighted by Gasteiger charge is -2.30. The molecular weight excluding hydrogens is 342 g/mol. The van der Waals surface area contributed by atoms with Crippen LogP contribution in [-0.2, 0) is 14.3 Å². The Balaban J connectivity index is 2.14. The first kappa shape index (κ1) is 19.1. The average Bonchev–Trinajstić information content (AvgIpc) is 2.93. The molecule has 6 nitrogen and oxygen atoms in total. The Morgan fingerprint density at radius 1 is 1.30 bits per heavy atom. The second-order valence-corrected chi connectivity index (χ2v) is 7.86. The van der Waals surface area contributed by atoms with Crippen molar-refractivity contribution in [3.05, 3.63) is 52.6 Å². The maximum Gasteiger partial charge on any atom is 0.337 e. The van der Waals surface area contributed by atoms with Crippen molar-refractivity contribution in [1.82, 2.24) is 10.3 Å². The molecule has 0 spiro atoms. The second kappa shape index (κ2) is 7.18. The quantitative estimate of drug-likeness (QED) is 0.823. The fraction of sp³-hybridized carbons (Fsp3) is 0.476. The summed E-state index contributed by atoms with van der Waals surface area (Å²) in [5.74, 6) is -0.192. The van der Waals surface area contributed by atoms with Crippen molar-refractivity contribution in [2.45, 2.75) is 59.1 Å². The number of dihydropyridines is 1. The van der Waals surface area contributed by atoms with E-state index in [1.165, 1.54) is 0 Å². The minimum Gasteiger partial charge on any atom is -0.475 e. The molecule has 6 heteroatoms. The van der Waals surface area contributed by atoms with Crippen molar-refractivity contribution in [2.24, 2.45) is 4.99 Å². The summed E-state index contributed by atoms with van der Waals surface area (Å²) in [5, 5.41) is 3.31. The van der Waals surface area contributed by atoms with Crippen molar-refractivity contribution in [3.63, 3.8) is 0 Å². The van der Waals surface area contributed by atoms with E-state index in [1.54, 1.807) is 6.20 Å². The molecule has 0 amide bonds. The first-order chi connectivity index (χ1) is 12.7. The lowest BCUT2D eigenvalue weighted by Crippen LogP contribution is -2.33. The van der Waals surface area contributed by atoms with Gasteiger partial charge in [-0.2, -0.15) is 0 Å². The highest BCUT2D eigenvalue weighted by molar-refractivity contribution is 6.02. The van der Waals surface area contributed by atoms with E-state index in [0.29, 0.717) is 18.1 Å². The monoisotopic (exact) mass is 369 g/mol. The van der Waals surface area contributed by atoms with Gasteiger partial charge in [0.25, 0.3) is 0 Å². The molecule has 0 saturated heterocycles. The summed E-state index contributed by atoms with van der Waals surface area (Å²) in [4.78, 5) is 22.2. The lowest BCUT2D eigenvalue weighted by atomic mass is 9.82. The summed E-state index contributed by atoms with van der Waals surface area (Å²) < 4.78 is 11.5. The van der Waals surface area contributed by atoms with Crippen LogP contribution in [0.2, 0.25) is 0 Å². The summed E-state index contributed by atoms with van der Waals surface area (Å²) in [6, 6.07) is 5.69. The maximum atomic E-state index is 12.9. The maximum absolute atomic E-state index is 12.9. The van der Waals surface area contributed by atoms with Gasteiger partial charge in [0.2, 0.25) is 5.90 Å². The number of hydrogen-bond donors (Lipinski definition) is 1. The Labute approximate surface area is 160 Å². The van der Waals surface area contributed by atoms with Crippen LogP contribution in [0.3, 0.4) is 0 Å². The van der Waals surface area contributed by atoms with Crippen LogP contribution in [0.25, 0.3) is 0 Å². The van der Waals surface area contributed by atoms with Gasteiger partial charge in [0.05, 0.1) is 28.8 Å². The zero-order valence-electron chi connectivity index (χ0n) is 16.8. The normalized spacial score (nSPS) is 21.7. The van der Waals surface area contributed by atoms with Crippen molar-refractivity contribution < 1.29 is 14.3 Å². The SMILES string of the molecule is CC1=C(C(=O)OC(C)C)C(c2ccccn2)C(C2=NC(C)(C)CO2)=C(C)N1. The number of rotatable bonds is 4. The highest BCUT2D eigenvalue weighted by Gasteiger charge is 2.40. The molecular formula is C21H27N3O3. The number of aromatic nitrogens is 1. The van der Waals surface area contributed by atoms with Crippen LogP contribution in [0.4, 0.5) is 0 Å². The molecule has 0 aliphatic carbocycles. The fourth-order valence-electron chi connectivity index (χ4n) is 3.39. The molecule has 3 heterocycles. The van der Waals surface area contributed by atoms with Crippen LogP contribution in [-0.4, -0.2) is 35.1 Å². The van der Waals surface area contributed by atoms with E-state index in [1.807, 2.05) is 59.7 Å². The van der Waals surface area contributed by atoms with Crippen LogP contribution in [0.1, 0.15) is 53.2 Å². The van der Waals surface area contributed by atoms with Crippen molar-refractivity contribution in [1.29, 1.82) is 0 Å². The minimum absolute atomic E-state index is 0.211. The third-order valence-corrected chi connectivity index (χ3v) is 4.50. The van der Waals surface area contributed by atoms with Gasteiger partial charge >= 0.3 is 5.97 Å². The molecule has 1 aromatic heterocycles. The van der Waals surface area contributed by atoms with E-state index < -0.39 is 5.92 Å². The van der Waals surface area contributed by atoms with Crippen LogP contribution < -0.4 is 5.32 Å². The third kappa shape index (κ3) is 3.89. The number of esters is 1. The zero-order chi connectivity index (χ0) is 19.8. The van der Waals surface area contributed by atoms with E-state index in [-0.39, 0.29) is 17.6 Å². The van der Waals surface area contributed by atoms with E-state index in [0.717, 1.165) is 22.7 Å². The Bertz CT molecular complexity index is 835. The predicted octanol–water partition coefficient (Wildman–Crippen LogP) is 3.48. The molecule has 27 heavy (non-hydrogen) atoms. The highest BCUT2D eigenvalue weighted by Crippen LogP contribution is 2.40. The first-order valence-electron chi connectivity index (χ1n) is 9.23. The summed E-state index contributed by atoms with van der Waals surface area (Å²) in [5.41, 5.74) is 3.50. The Hall–Kier alpha value is -2.63. The Morgan fingerprint density at radius 3 is 2.59 bits per heavy atom. The molecule has 0 aromatic carbocycles. The number of carbonyl (C=O) groups is 1. The molecule has 0 fully saturated rings. The smallest absolute Gasteiger partial charge is 0.337 e. The molecule has 2 aliphatic rings. The van der Waals surface area contributed by atoms with Crippen molar-refractivity contribution >= 4 is 11.9 Å². The van der Waals surface area contributed by atoms with E-state index in [2.05, 4.69) is 10.3 Å². The van der Waals surface area contributed by atoms with Gasteiger partial charge in [-0.15, -0.1) is 0 Å². The number of nitrogens with one attached hydrogen (secondary N) is 1. The van der Waals surface area contributed by atoms with Gasteiger partial charge in [0, 0.05) is 23.2 Å². The van der Waals surface area contributed by atoms with Crippen LogP contribution in [0, 0.1) is 0 Å². The van der Waals surface area contributed by atoms with Gasteiger partial charge < -0.3 is 14.8 Å². The number of nitrogens with zero attached hydrogens (tertiary/aromatic N) is 2. The number of pyridine rings is 1. The fourth-order valence-corrected chi connectivity index (χ4v) is 3.39. The van der Waals surface area contributed by atoms with Gasteiger partial charge in [0.15, 0.2) is 0 Å². The number of hydrogen-bond acceptors (Lipinski definition) is 6. The Morgan fingerprint density at radius 2 is 2.04 bits per heavy atom. The molecule has 0 saturated carbocycles. The van der Waals surface area contributed by atoms with E-state index in [4.69, 9.17) is 14.5 Å². The summed E-state index contributed by atoms with van der Waals surface area (Å²) >= 11 is 0. The largest absolute Gasteiger partial charge is 0.475 e. The first-order valence-corrected chi connectivity index (χ1v) is 9.23. The summed E-state index contributed by atoms with van der Waals surface area (Å²) in [6.07, 6.45) is 1.52. The Kier molecular flexibility index (Phi) is 5.09. The zero-order valence-corrected chi connectivity index (χ0v) is 16.8. The van der Waals surface area contributed by atoms with Crippen LogP contribution >= 0.6 is 0 Å². The number of carbonyl (C=O) groups excluding carboxylic acids is 1. The van der Waals surface area contributed by atoms with Gasteiger partial charge in [-0.3, -0.25) is 4.98 Å². The molecule has 1 unspecified atom stereocenters. The molecule has 1 N–H and O–H groups in total. The van der Waals surface area contributed by atoms with E-state index in [9.17, 15) is 4.79 Å². The molecule has 2 aliphatic heterocycles. The predicted molar refractivity (Wildman–Crippen MR) is 104 cm³/mol. The van der Waals surface area contributed by atoms with Gasteiger partial charge in [-0.25, -0.2) is 9.79 Å². The molecule has 3 rings (SSSR count). The summed E-state index contributed by atoms with van der Waals surface area (Å²) in [6.45, 7) is 12.1. The van der Waals surface area contributed by atoms with Gasteiger partial charge in [-0.05, 0) is 53.7 Å². The third-order valence-electron chi connectivity index (χ3n) is 4.50. The number of aliphatic imine (C=N–C) groups is 1. The van der Waals surface area contributed by atoms with Crippen LogP contribution in [0.15, 0.2) is 51.9 Å². The lowest BCUT2D eigenvalue weighted by molar-refractivity contribution is -0.143. The summed E-state index contributed by atoms with van der Waals surface area (Å²) in [7, 11) is 0. The molecule has 0 radical (unpaired) electrons. The molecule has 144 valence electrons. The van der Waals surface area contributed by atoms with Crippen LogP contribution in [0.5, 0.6) is 0 Å². The average molecular weight is 369 g/mol. The van der Waals surface area contributed by atoms with Crippen molar-refractivity contribution in [2.75, 3.05) is 6.61 Å². The standard InChI is InChI=1S/C21H27N3O3/c1-12(2)27-20(25)17-14(4)23-13(3)16(19-24-21(5,6)11-26-19)18(17)15-9-7-8-10-22-15/h7-10,12,18,23H,11H2,1-6H3. The van der Waals surface area contributed by atoms with Crippen molar-refractivity contribution in [3.8, 4) is 0 Å². The topological polar surface area (TPSA) is 72.8 Å². The molecule has 0 bridgehead atoms. The molecule has 1 atom stereocenters. The number of ether oxygens (including phenoxy) is 2.